The van der Waals surface area contributed by atoms with Crippen LogP contribution >= 0.6 is 0 Å². The summed E-state index contributed by atoms with van der Waals surface area (Å²) in [5, 5.41) is 6.81. The predicted molar refractivity (Wildman–Crippen MR) is 115 cm³/mol. The molecule has 4 rings (SSSR count). The summed E-state index contributed by atoms with van der Waals surface area (Å²) < 4.78 is 5.14. The largest absolute Gasteiger partial charge is 0.361 e. The Balaban J connectivity index is 1.31. The van der Waals surface area contributed by atoms with Gasteiger partial charge in [-0.3, -0.25) is 14.5 Å². The molecule has 2 aromatic heterocycles. The maximum atomic E-state index is 12.7. The van der Waals surface area contributed by atoms with Crippen molar-refractivity contribution in [3.8, 4) is 0 Å². The summed E-state index contributed by atoms with van der Waals surface area (Å²) in [6.45, 7) is 7.87. The highest BCUT2D eigenvalue weighted by atomic mass is 16.5. The van der Waals surface area contributed by atoms with E-state index in [-0.39, 0.29) is 30.0 Å². The highest BCUT2D eigenvalue weighted by Crippen LogP contribution is 2.17. The maximum Gasteiger partial charge on any atom is 0.323 e. The number of aromatic nitrogens is 3. The van der Waals surface area contributed by atoms with Crippen molar-refractivity contribution in [2.75, 3.05) is 31.5 Å². The molecule has 1 atom stereocenters. The third kappa shape index (κ3) is 4.38. The number of imidazole rings is 1. The van der Waals surface area contributed by atoms with Gasteiger partial charge in [-0.25, -0.2) is 4.79 Å². The molecular weight excluding hydrogens is 400 g/mol. The zero-order valence-electron chi connectivity index (χ0n) is 17.8. The van der Waals surface area contributed by atoms with Gasteiger partial charge in [-0.2, -0.15) is 0 Å². The van der Waals surface area contributed by atoms with Crippen LogP contribution in [0.2, 0.25) is 0 Å². The fourth-order valence-corrected chi connectivity index (χ4v) is 3.90. The molecule has 1 aromatic carbocycles. The summed E-state index contributed by atoms with van der Waals surface area (Å²) in [5.74, 6) is 0.587. The van der Waals surface area contributed by atoms with E-state index in [1.807, 2.05) is 25.7 Å². The second-order valence-corrected chi connectivity index (χ2v) is 7.90. The minimum atomic E-state index is -0.346. The van der Waals surface area contributed by atoms with Gasteiger partial charge in [0.1, 0.15) is 5.76 Å². The SMILES string of the molecule is Cc1noc(C)c1CC(=O)N1CCN(C(C)C(=O)Nc2ccc3[nH]c(=O)[nH]c3c2)CC1. The van der Waals surface area contributed by atoms with E-state index in [0.29, 0.717) is 48.7 Å². The molecule has 0 spiro atoms. The first-order valence-corrected chi connectivity index (χ1v) is 10.3. The fourth-order valence-electron chi connectivity index (χ4n) is 3.90. The van der Waals surface area contributed by atoms with Crippen LogP contribution in [0.1, 0.15) is 23.9 Å². The van der Waals surface area contributed by atoms with Crippen molar-refractivity contribution in [3.63, 3.8) is 0 Å². The number of hydrogen-bond donors (Lipinski definition) is 3. The zero-order valence-corrected chi connectivity index (χ0v) is 17.8. The molecule has 0 aliphatic carbocycles. The summed E-state index contributed by atoms with van der Waals surface area (Å²) in [4.78, 5) is 46.0. The van der Waals surface area contributed by atoms with Crippen LogP contribution < -0.4 is 11.0 Å². The third-order valence-electron chi connectivity index (χ3n) is 5.89. The minimum Gasteiger partial charge on any atom is -0.361 e. The number of benzene rings is 1. The number of anilines is 1. The number of rotatable bonds is 5. The molecular formula is C21H26N6O4. The van der Waals surface area contributed by atoms with Crippen LogP contribution in [0, 0.1) is 13.8 Å². The number of fused-ring (bicyclic) bond motifs is 1. The van der Waals surface area contributed by atoms with E-state index in [1.54, 1.807) is 18.2 Å². The molecule has 3 N–H and O–H groups in total. The maximum absolute atomic E-state index is 12.7. The number of nitrogens with zero attached hydrogens (tertiary/aromatic N) is 3. The number of aryl methyl sites for hydroxylation is 2. The second-order valence-electron chi connectivity index (χ2n) is 7.90. The summed E-state index contributed by atoms with van der Waals surface area (Å²) in [6, 6.07) is 4.88. The molecule has 3 aromatic rings. The molecule has 0 radical (unpaired) electrons. The van der Waals surface area contributed by atoms with Crippen molar-refractivity contribution in [3.05, 3.63) is 45.7 Å². The smallest absolute Gasteiger partial charge is 0.323 e. The van der Waals surface area contributed by atoms with Gasteiger partial charge in [0.2, 0.25) is 11.8 Å². The fraction of sp³-hybridized carbons (Fsp3) is 0.429. The van der Waals surface area contributed by atoms with E-state index in [9.17, 15) is 14.4 Å². The van der Waals surface area contributed by atoms with Gasteiger partial charge < -0.3 is 24.7 Å². The summed E-state index contributed by atoms with van der Waals surface area (Å²) in [5.41, 5.74) is 3.26. The minimum absolute atomic E-state index is 0.0416. The summed E-state index contributed by atoms with van der Waals surface area (Å²) in [7, 11) is 0. The first-order chi connectivity index (χ1) is 14.8. The van der Waals surface area contributed by atoms with E-state index in [2.05, 4.69) is 25.3 Å². The second kappa shape index (κ2) is 8.38. The quantitative estimate of drug-likeness (QED) is 0.562. The highest BCUT2D eigenvalue weighted by Gasteiger charge is 2.28. The molecule has 1 aliphatic rings. The van der Waals surface area contributed by atoms with Gasteiger partial charge in [0, 0.05) is 37.4 Å². The highest BCUT2D eigenvalue weighted by molar-refractivity contribution is 5.96. The first kappa shape index (κ1) is 20.9. The number of piperazine rings is 1. The lowest BCUT2D eigenvalue weighted by molar-refractivity contribution is -0.133. The van der Waals surface area contributed by atoms with E-state index < -0.39 is 0 Å². The number of hydrogen-bond acceptors (Lipinski definition) is 6. The van der Waals surface area contributed by atoms with E-state index in [4.69, 9.17) is 4.52 Å². The van der Waals surface area contributed by atoms with E-state index in [1.165, 1.54) is 0 Å². The Morgan fingerprint density at radius 3 is 2.55 bits per heavy atom. The third-order valence-corrected chi connectivity index (χ3v) is 5.89. The van der Waals surface area contributed by atoms with Gasteiger partial charge >= 0.3 is 5.69 Å². The van der Waals surface area contributed by atoms with Gasteiger partial charge in [-0.15, -0.1) is 0 Å². The van der Waals surface area contributed by atoms with Crippen LogP contribution in [0.4, 0.5) is 5.69 Å². The molecule has 1 saturated heterocycles. The topological polar surface area (TPSA) is 127 Å². The lowest BCUT2D eigenvalue weighted by Gasteiger charge is -2.37. The van der Waals surface area contributed by atoms with Crippen molar-refractivity contribution in [2.45, 2.75) is 33.2 Å². The Labute approximate surface area is 178 Å². The Kier molecular flexibility index (Phi) is 5.64. The lowest BCUT2D eigenvalue weighted by atomic mass is 10.1. The molecule has 0 bridgehead atoms. The standard InChI is InChI=1S/C21H26N6O4/c1-12-16(14(3)31-25-12)11-19(28)27-8-6-26(7-9-27)13(2)20(29)22-15-4-5-17-18(10-15)24-21(30)23-17/h4-5,10,13H,6-9,11H2,1-3H3,(H,22,29)(H2,23,24,30). The number of nitrogens with one attached hydrogen (secondary N) is 3. The van der Waals surface area contributed by atoms with Crippen molar-refractivity contribution in [1.29, 1.82) is 0 Å². The molecule has 10 nitrogen and oxygen atoms in total. The molecule has 2 amide bonds. The Hall–Kier alpha value is -3.40. The molecule has 31 heavy (non-hydrogen) atoms. The summed E-state index contributed by atoms with van der Waals surface area (Å²) in [6.07, 6.45) is 0.279. The molecule has 1 unspecified atom stereocenters. The predicted octanol–water partition coefficient (Wildman–Crippen LogP) is 1.17. The Morgan fingerprint density at radius 1 is 1.16 bits per heavy atom. The van der Waals surface area contributed by atoms with Crippen LogP contribution in [0.3, 0.4) is 0 Å². The van der Waals surface area contributed by atoms with Gasteiger partial charge in [0.05, 0.1) is 29.2 Å². The molecule has 0 saturated carbocycles. The number of aromatic amines is 2. The van der Waals surface area contributed by atoms with Gasteiger partial charge in [0.25, 0.3) is 0 Å². The van der Waals surface area contributed by atoms with Crippen LogP contribution in [0.15, 0.2) is 27.5 Å². The van der Waals surface area contributed by atoms with Crippen LogP contribution in [-0.2, 0) is 16.0 Å². The Morgan fingerprint density at radius 2 is 1.87 bits per heavy atom. The van der Waals surface area contributed by atoms with Crippen LogP contribution in [0.25, 0.3) is 11.0 Å². The van der Waals surface area contributed by atoms with E-state index in [0.717, 1.165) is 11.3 Å². The molecule has 10 heteroatoms. The normalized spacial score (nSPS) is 15.9. The van der Waals surface area contributed by atoms with Gasteiger partial charge in [-0.05, 0) is 39.0 Å². The van der Waals surface area contributed by atoms with Crippen molar-refractivity contribution < 1.29 is 14.1 Å². The van der Waals surface area contributed by atoms with Crippen molar-refractivity contribution >= 4 is 28.5 Å². The summed E-state index contributed by atoms with van der Waals surface area (Å²) >= 11 is 0. The molecule has 3 heterocycles. The average molecular weight is 426 g/mol. The van der Waals surface area contributed by atoms with Crippen LogP contribution in [-0.4, -0.2) is 69.0 Å². The van der Waals surface area contributed by atoms with Crippen LogP contribution in [0.5, 0.6) is 0 Å². The molecule has 164 valence electrons. The lowest BCUT2D eigenvalue weighted by Crippen LogP contribution is -2.54. The number of H-pyrrole nitrogens is 2. The average Bonchev–Trinajstić information content (AvgIpc) is 3.28. The molecule has 1 fully saturated rings. The van der Waals surface area contributed by atoms with Crippen molar-refractivity contribution in [2.24, 2.45) is 0 Å². The van der Waals surface area contributed by atoms with Crippen molar-refractivity contribution in [1.82, 2.24) is 24.9 Å². The number of carbonyl (C=O) groups excluding carboxylic acids is 2. The molecule has 1 aliphatic heterocycles. The van der Waals surface area contributed by atoms with Gasteiger partial charge in [-0.1, -0.05) is 5.16 Å². The number of carbonyl (C=O) groups is 2. The van der Waals surface area contributed by atoms with E-state index >= 15 is 0 Å². The Bertz CT molecular complexity index is 1150. The monoisotopic (exact) mass is 426 g/mol. The number of amides is 2. The first-order valence-electron chi connectivity index (χ1n) is 10.3. The van der Waals surface area contributed by atoms with Gasteiger partial charge in [0.15, 0.2) is 0 Å². The zero-order chi connectivity index (χ0) is 22.1.